The molecule has 2 saturated carbocycles. The molecule has 1 saturated heterocycles. The van der Waals surface area contributed by atoms with E-state index in [9.17, 15) is 14.4 Å². The fourth-order valence-electron chi connectivity index (χ4n) is 5.54. The van der Waals surface area contributed by atoms with Gasteiger partial charge in [-0.2, -0.15) is 0 Å². The van der Waals surface area contributed by atoms with Gasteiger partial charge >= 0.3 is 5.97 Å². The van der Waals surface area contributed by atoms with Gasteiger partial charge in [-0.3, -0.25) is 14.5 Å². The topological polar surface area (TPSA) is 63.7 Å². The Morgan fingerprint density at radius 1 is 0.967 bits per heavy atom. The SMILES string of the molecule is O=C(Oc1ccc(Br)cc1)[C@H](Cc1ccccc1)N1C(=O)[C@@H]2[C@H]3CC[C@@H](C3)[C@@H]2C1=O. The van der Waals surface area contributed by atoms with Gasteiger partial charge in [-0.05, 0) is 60.9 Å². The molecule has 0 N–H and O–H groups in total. The van der Waals surface area contributed by atoms with Crippen LogP contribution in [0.3, 0.4) is 0 Å². The number of amides is 2. The first kappa shape index (κ1) is 19.5. The molecule has 30 heavy (non-hydrogen) atoms. The average Bonchev–Trinajstić information content (AvgIpc) is 3.43. The maximum atomic E-state index is 13.3. The second-order valence-corrected chi connectivity index (χ2v) is 9.43. The van der Waals surface area contributed by atoms with Crippen molar-refractivity contribution in [3.05, 3.63) is 64.6 Å². The Morgan fingerprint density at radius 3 is 2.17 bits per heavy atom. The highest BCUT2D eigenvalue weighted by atomic mass is 79.9. The van der Waals surface area contributed by atoms with E-state index >= 15 is 0 Å². The molecule has 0 radical (unpaired) electrons. The van der Waals surface area contributed by atoms with Gasteiger partial charge in [-0.1, -0.05) is 46.3 Å². The summed E-state index contributed by atoms with van der Waals surface area (Å²) in [5.41, 5.74) is 0.885. The number of imide groups is 1. The lowest BCUT2D eigenvalue weighted by atomic mass is 9.81. The number of benzene rings is 2. The number of nitrogens with zero attached hydrogens (tertiary/aromatic N) is 1. The van der Waals surface area contributed by atoms with Gasteiger partial charge in [-0.15, -0.1) is 0 Å². The quantitative estimate of drug-likeness (QED) is 0.378. The van der Waals surface area contributed by atoms with Crippen LogP contribution < -0.4 is 4.74 Å². The second-order valence-electron chi connectivity index (χ2n) is 8.51. The van der Waals surface area contributed by atoms with Crippen LogP contribution in [-0.2, 0) is 20.8 Å². The van der Waals surface area contributed by atoms with E-state index in [-0.39, 0.29) is 41.9 Å². The Labute approximate surface area is 183 Å². The number of fused-ring (bicyclic) bond motifs is 5. The van der Waals surface area contributed by atoms with Gasteiger partial charge in [0.05, 0.1) is 11.8 Å². The highest BCUT2D eigenvalue weighted by Gasteiger charge is 2.62. The maximum absolute atomic E-state index is 13.3. The summed E-state index contributed by atoms with van der Waals surface area (Å²) >= 11 is 3.36. The zero-order valence-corrected chi connectivity index (χ0v) is 18.0. The standard InChI is InChI=1S/C24H22BrNO4/c25-17-8-10-18(11-9-17)30-24(29)19(12-14-4-2-1-3-5-14)26-22(27)20-15-6-7-16(13-15)21(20)23(26)28/h1-5,8-11,15-16,19-21H,6-7,12-13H2/t15-,16-,19-,20-,21+/m0/s1. The molecule has 0 aromatic heterocycles. The van der Waals surface area contributed by atoms with Gasteiger partial charge in [-0.25, -0.2) is 4.79 Å². The van der Waals surface area contributed by atoms with Crippen molar-refractivity contribution >= 4 is 33.7 Å². The second kappa shape index (κ2) is 7.65. The van der Waals surface area contributed by atoms with Crippen LogP contribution >= 0.6 is 15.9 Å². The summed E-state index contributed by atoms with van der Waals surface area (Å²) in [4.78, 5) is 41.1. The Morgan fingerprint density at radius 2 is 1.57 bits per heavy atom. The zero-order chi connectivity index (χ0) is 20.8. The number of hydrogen-bond donors (Lipinski definition) is 0. The third-order valence-electron chi connectivity index (χ3n) is 6.85. The van der Waals surface area contributed by atoms with E-state index in [1.165, 1.54) is 4.90 Å². The molecular formula is C24H22BrNO4. The summed E-state index contributed by atoms with van der Waals surface area (Å²) in [6.07, 6.45) is 3.23. The first-order valence-electron chi connectivity index (χ1n) is 10.4. The number of hydrogen-bond acceptors (Lipinski definition) is 4. The van der Waals surface area contributed by atoms with E-state index in [4.69, 9.17) is 4.74 Å². The Hall–Kier alpha value is -2.47. The molecule has 3 aliphatic rings. The summed E-state index contributed by atoms with van der Waals surface area (Å²) in [6, 6.07) is 15.4. The normalized spacial score (nSPS) is 28.0. The van der Waals surface area contributed by atoms with Crippen molar-refractivity contribution in [3.8, 4) is 5.75 Å². The van der Waals surface area contributed by atoms with Crippen LogP contribution in [0, 0.1) is 23.7 Å². The third-order valence-corrected chi connectivity index (χ3v) is 7.38. The predicted octanol–water partition coefficient (Wildman–Crippen LogP) is 4.00. The lowest BCUT2D eigenvalue weighted by molar-refractivity contribution is -0.154. The van der Waals surface area contributed by atoms with Crippen molar-refractivity contribution in [1.29, 1.82) is 0 Å². The molecule has 1 aliphatic heterocycles. The van der Waals surface area contributed by atoms with Crippen molar-refractivity contribution in [1.82, 2.24) is 4.90 Å². The van der Waals surface area contributed by atoms with Gasteiger partial charge in [0.2, 0.25) is 11.8 Å². The van der Waals surface area contributed by atoms with Crippen molar-refractivity contribution in [2.75, 3.05) is 0 Å². The summed E-state index contributed by atoms with van der Waals surface area (Å²) in [5, 5.41) is 0. The number of likely N-dealkylation sites (tertiary alicyclic amines) is 1. The molecule has 2 aromatic rings. The number of carbonyl (C=O) groups excluding carboxylic acids is 3. The summed E-state index contributed by atoms with van der Waals surface area (Å²) < 4.78 is 6.47. The van der Waals surface area contributed by atoms with Crippen LogP contribution in [0.1, 0.15) is 24.8 Å². The highest BCUT2D eigenvalue weighted by molar-refractivity contribution is 9.10. The Kier molecular flexibility index (Phi) is 4.97. The van der Waals surface area contributed by atoms with Gasteiger partial charge in [0.25, 0.3) is 0 Å². The molecule has 0 unspecified atom stereocenters. The molecule has 2 aromatic carbocycles. The first-order valence-corrected chi connectivity index (χ1v) is 11.2. The van der Waals surface area contributed by atoms with Crippen molar-refractivity contribution in [2.45, 2.75) is 31.7 Å². The van der Waals surface area contributed by atoms with Gasteiger partial charge in [0.1, 0.15) is 11.8 Å². The van der Waals surface area contributed by atoms with Crippen molar-refractivity contribution in [3.63, 3.8) is 0 Å². The Balaban J connectivity index is 1.45. The van der Waals surface area contributed by atoms with E-state index in [1.54, 1.807) is 24.3 Å². The number of halogens is 1. The van der Waals surface area contributed by atoms with Crippen LogP contribution in [0.15, 0.2) is 59.1 Å². The van der Waals surface area contributed by atoms with E-state index < -0.39 is 12.0 Å². The van der Waals surface area contributed by atoms with Gasteiger partial charge in [0.15, 0.2) is 0 Å². The molecule has 2 amide bonds. The minimum Gasteiger partial charge on any atom is -0.425 e. The molecule has 2 bridgehead atoms. The smallest absolute Gasteiger partial charge is 0.335 e. The molecule has 5 rings (SSSR count). The van der Waals surface area contributed by atoms with Crippen molar-refractivity contribution < 1.29 is 19.1 Å². The molecule has 154 valence electrons. The van der Waals surface area contributed by atoms with Gasteiger partial charge < -0.3 is 4.74 Å². The minimum absolute atomic E-state index is 0.189. The third kappa shape index (κ3) is 3.27. The zero-order valence-electron chi connectivity index (χ0n) is 16.4. The predicted molar refractivity (Wildman–Crippen MR) is 113 cm³/mol. The summed E-state index contributed by atoms with van der Waals surface area (Å²) in [7, 11) is 0. The minimum atomic E-state index is -0.957. The summed E-state index contributed by atoms with van der Waals surface area (Å²) in [6.45, 7) is 0. The lowest BCUT2D eigenvalue weighted by Crippen LogP contribution is -2.49. The lowest BCUT2D eigenvalue weighted by Gasteiger charge is -2.26. The number of ether oxygens (including phenoxy) is 1. The van der Waals surface area contributed by atoms with Crippen LogP contribution in [0.4, 0.5) is 0 Å². The molecule has 6 heteroatoms. The van der Waals surface area contributed by atoms with Crippen molar-refractivity contribution in [2.24, 2.45) is 23.7 Å². The molecule has 2 aliphatic carbocycles. The fourth-order valence-corrected chi connectivity index (χ4v) is 5.81. The number of rotatable bonds is 5. The molecular weight excluding hydrogens is 446 g/mol. The largest absolute Gasteiger partial charge is 0.425 e. The van der Waals surface area contributed by atoms with Crippen LogP contribution in [0.2, 0.25) is 0 Å². The summed E-state index contributed by atoms with van der Waals surface area (Å²) in [5.74, 6) is -0.514. The first-order chi connectivity index (χ1) is 14.5. The van der Waals surface area contributed by atoms with Crippen LogP contribution in [0.5, 0.6) is 5.75 Å². The monoisotopic (exact) mass is 467 g/mol. The maximum Gasteiger partial charge on any atom is 0.335 e. The highest BCUT2D eigenvalue weighted by Crippen LogP contribution is 2.56. The Bertz CT molecular complexity index is 962. The van der Waals surface area contributed by atoms with Crippen LogP contribution in [0.25, 0.3) is 0 Å². The molecule has 0 spiro atoms. The van der Waals surface area contributed by atoms with E-state index in [2.05, 4.69) is 15.9 Å². The molecule has 5 nitrogen and oxygen atoms in total. The molecule has 5 atom stereocenters. The van der Waals surface area contributed by atoms with Gasteiger partial charge in [0, 0.05) is 10.9 Å². The van der Waals surface area contributed by atoms with E-state index in [0.717, 1.165) is 29.3 Å². The van der Waals surface area contributed by atoms with E-state index in [1.807, 2.05) is 30.3 Å². The fraction of sp³-hybridized carbons (Fsp3) is 0.375. The van der Waals surface area contributed by atoms with E-state index in [0.29, 0.717) is 5.75 Å². The van der Waals surface area contributed by atoms with Crippen LogP contribution in [-0.4, -0.2) is 28.7 Å². The molecule has 1 heterocycles. The average molecular weight is 468 g/mol. The number of esters is 1. The number of carbonyl (C=O) groups is 3. The molecule has 3 fully saturated rings.